The average molecular weight is 381 g/mol. The van der Waals surface area contributed by atoms with E-state index in [1.54, 1.807) is 7.11 Å². The third kappa shape index (κ3) is 6.96. The van der Waals surface area contributed by atoms with Crippen LogP contribution in [0.25, 0.3) is 0 Å². The Bertz CT molecular complexity index is 575. The minimum Gasteiger partial charge on any atom is -0.493 e. The Kier molecular flexibility index (Phi) is 8.35. The molecule has 1 N–H and O–H groups in total. The second-order valence-corrected chi connectivity index (χ2v) is 7.75. The van der Waals surface area contributed by atoms with Crippen LogP contribution in [-0.4, -0.2) is 79.7 Å². The predicted octanol–water partition coefficient (Wildman–Crippen LogP) is 2.39. The topological polar surface area (TPSA) is 54.4 Å². The zero-order valence-corrected chi connectivity index (χ0v) is 17.5. The molecule has 0 aromatic heterocycles. The van der Waals surface area contributed by atoms with Crippen LogP contribution in [0, 0.1) is 0 Å². The summed E-state index contributed by atoms with van der Waals surface area (Å²) in [5.41, 5.74) is 1.08. The summed E-state index contributed by atoms with van der Waals surface area (Å²) < 4.78 is 17.1. The molecule has 6 nitrogen and oxygen atoms in total. The van der Waals surface area contributed by atoms with Gasteiger partial charge in [-0.05, 0) is 44.6 Å². The van der Waals surface area contributed by atoms with Gasteiger partial charge in [0.05, 0.1) is 19.3 Å². The summed E-state index contributed by atoms with van der Waals surface area (Å²) in [4.78, 5) is 4.57. The molecule has 1 aromatic carbocycles. The number of nitrogens with zero attached hydrogens (tertiary/aromatic N) is 2. The number of likely N-dealkylation sites (N-methyl/N-ethyl adjacent to an activating group) is 1. The van der Waals surface area contributed by atoms with Gasteiger partial charge in [-0.1, -0.05) is 19.9 Å². The second kappa shape index (κ2) is 10.3. The summed E-state index contributed by atoms with van der Waals surface area (Å²) in [7, 11) is 1.65. The van der Waals surface area contributed by atoms with E-state index in [1.807, 2.05) is 12.1 Å². The van der Waals surface area contributed by atoms with Gasteiger partial charge in [0, 0.05) is 26.2 Å². The van der Waals surface area contributed by atoms with Crippen LogP contribution in [0.4, 0.5) is 0 Å². The van der Waals surface area contributed by atoms with Crippen LogP contribution >= 0.6 is 0 Å². The van der Waals surface area contributed by atoms with Crippen molar-refractivity contribution >= 4 is 0 Å². The highest BCUT2D eigenvalue weighted by atomic mass is 16.5. The van der Waals surface area contributed by atoms with Crippen LogP contribution in [0.15, 0.2) is 18.2 Å². The van der Waals surface area contributed by atoms with Gasteiger partial charge in [-0.3, -0.25) is 4.90 Å². The lowest BCUT2D eigenvalue weighted by Crippen LogP contribution is -2.47. The normalized spacial score (nSPS) is 18.5. The summed E-state index contributed by atoms with van der Waals surface area (Å²) in [5, 5.41) is 10.2. The quantitative estimate of drug-likeness (QED) is 0.673. The molecule has 1 heterocycles. The Morgan fingerprint density at radius 1 is 1.26 bits per heavy atom. The Labute approximate surface area is 164 Å². The summed E-state index contributed by atoms with van der Waals surface area (Å²) in [6.07, 6.45) is -0.523. The standard InChI is InChI=1S/C21H36N2O4/c1-6-22(7-2)14-18(24)15-26-19-9-8-17(12-20(19)25-5)13-23-10-11-27-21(3,4)16-23/h8-9,12,18,24H,6-7,10-11,13-16H2,1-5H3/t18-/m0/s1. The van der Waals surface area contributed by atoms with Crippen molar-refractivity contribution in [2.24, 2.45) is 0 Å². The molecule has 1 saturated heterocycles. The fraction of sp³-hybridized carbons (Fsp3) is 0.714. The zero-order valence-electron chi connectivity index (χ0n) is 17.5. The molecular formula is C21H36N2O4. The fourth-order valence-corrected chi connectivity index (χ4v) is 3.46. The molecule has 0 spiro atoms. The number of methoxy groups -OCH3 is 1. The molecule has 2 rings (SSSR count). The van der Waals surface area contributed by atoms with Gasteiger partial charge in [0.2, 0.25) is 0 Å². The number of hydrogen-bond donors (Lipinski definition) is 1. The summed E-state index contributed by atoms with van der Waals surface area (Å²) >= 11 is 0. The van der Waals surface area contributed by atoms with E-state index in [-0.39, 0.29) is 12.2 Å². The van der Waals surface area contributed by atoms with Gasteiger partial charge in [-0.15, -0.1) is 0 Å². The minimum atomic E-state index is -0.523. The lowest BCUT2D eigenvalue weighted by Gasteiger charge is -2.38. The number of benzene rings is 1. The first-order valence-electron chi connectivity index (χ1n) is 9.93. The number of aliphatic hydroxyl groups excluding tert-OH is 1. The highest BCUT2D eigenvalue weighted by Gasteiger charge is 2.27. The molecule has 1 aliphatic heterocycles. The molecule has 6 heteroatoms. The molecule has 27 heavy (non-hydrogen) atoms. The largest absolute Gasteiger partial charge is 0.493 e. The maximum atomic E-state index is 10.2. The molecule has 0 radical (unpaired) electrons. The SMILES string of the molecule is CCN(CC)C[C@H](O)COc1ccc(CN2CCOC(C)(C)C2)cc1OC. The van der Waals surface area contributed by atoms with Crippen LogP contribution in [0.2, 0.25) is 0 Å². The molecule has 1 aromatic rings. The highest BCUT2D eigenvalue weighted by Crippen LogP contribution is 2.29. The van der Waals surface area contributed by atoms with Crippen LogP contribution < -0.4 is 9.47 Å². The second-order valence-electron chi connectivity index (χ2n) is 7.75. The first-order valence-corrected chi connectivity index (χ1v) is 9.93. The van der Waals surface area contributed by atoms with E-state index in [4.69, 9.17) is 14.2 Å². The monoisotopic (exact) mass is 380 g/mol. The van der Waals surface area contributed by atoms with E-state index in [1.165, 1.54) is 5.56 Å². The van der Waals surface area contributed by atoms with Crippen molar-refractivity contribution in [3.63, 3.8) is 0 Å². The molecule has 0 unspecified atom stereocenters. The van der Waals surface area contributed by atoms with Crippen molar-refractivity contribution in [3.05, 3.63) is 23.8 Å². The first kappa shape index (κ1) is 22.0. The van der Waals surface area contributed by atoms with Gasteiger partial charge >= 0.3 is 0 Å². The number of morpholine rings is 1. The number of ether oxygens (including phenoxy) is 3. The molecule has 0 aliphatic carbocycles. The van der Waals surface area contributed by atoms with E-state index in [0.717, 1.165) is 39.3 Å². The van der Waals surface area contributed by atoms with Crippen LogP contribution in [0.1, 0.15) is 33.3 Å². The van der Waals surface area contributed by atoms with E-state index in [9.17, 15) is 5.11 Å². The summed E-state index contributed by atoms with van der Waals surface area (Å²) in [5.74, 6) is 1.37. The first-order chi connectivity index (χ1) is 12.9. The van der Waals surface area contributed by atoms with Crippen molar-refractivity contribution in [1.29, 1.82) is 0 Å². The van der Waals surface area contributed by atoms with Gasteiger partial charge in [-0.2, -0.15) is 0 Å². The van der Waals surface area contributed by atoms with Gasteiger partial charge in [-0.25, -0.2) is 0 Å². The molecule has 0 bridgehead atoms. The number of hydrogen-bond acceptors (Lipinski definition) is 6. The molecule has 0 amide bonds. The van der Waals surface area contributed by atoms with Crippen LogP contribution in [0.5, 0.6) is 11.5 Å². The minimum absolute atomic E-state index is 0.105. The van der Waals surface area contributed by atoms with Crippen molar-refractivity contribution in [2.45, 2.75) is 45.9 Å². The van der Waals surface area contributed by atoms with Crippen molar-refractivity contribution < 1.29 is 19.3 Å². The smallest absolute Gasteiger partial charge is 0.161 e. The van der Waals surface area contributed by atoms with Crippen molar-refractivity contribution in [1.82, 2.24) is 9.80 Å². The molecule has 154 valence electrons. The Hall–Kier alpha value is -1.34. The Morgan fingerprint density at radius 2 is 2.00 bits per heavy atom. The highest BCUT2D eigenvalue weighted by molar-refractivity contribution is 5.43. The van der Waals surface area contributed by atoms with Gasteiger partial charge in [0.25, 0.3) is 0 Å². The maximum Gasteiger partial charge on any atom is 0.161 e. The van der Waals surface area contributed by atoms with E-state index < -0.39 is 6.10 Å². The molecule has 1 aliphatic rings. The van der Waals surface area contributed by atoms with Crippen molar-refractivity contribution in [2.75, 3.05) is 53.0 Å². The Balaban J connectivity index is 1.93. The lowest BCUT2D eigenvalue weighted by molar-refractivity contribution is -0.0882. The van der Waals surface area contributed by atoms with Gasteiger partial charge < -0.3 is 24.2 Å². The average Bonchev–Trinajstić information content (AvgIpc) is 2.64. The van der Waals surface area contributed by atoms with Crippen LogP contribution in [-0.2, 0) is 11.3 Å². The third-order valence-electron chi connectivity index (χ3n) is 4.93. The Morgan fingerprint density at radius 3 is 2.63 bits per heavy atom. The van der Waals surface area contributed by atoms with E-state index >= 15 is 0 Å². The molecular weight excluding hydrogens is 344 g/mol. The van der Waals surface area contributed by atoms with Crippen LogP contribution in [0.3, 0.4) is 0 Å². The lowest BCUT2D eigenvalue weighted by atomic mass is 10.1. The summed E-state index contributed by atoms with van der Waals surface area (Å²) in [6.45, 7) is 14.6. The number of rotatable bonds is 10. The van der Waals surface area contributed by atoms with Gasteiger partial charge in [0.1, 0.15) is 12.7 Å². The van der Waals surface area contributed by atoms with E-state index in [0.29, 0.717) is 18.0 Å². The van der Waals surface area contributed by atoms with Gasteiger partial charge in [0.15, 0.2) is 11.5 Å². The molecule has 1 fully saturated rings. The van der Waals surface area contributed by atoms with Crippen molar-refractivity contribution in [3.8, 4) is 11.5 Å². The third-order valence-corrected chi connectivity index (χ3v) is 4.93. The molecule has 1 atom stereocenters. The zero-order chi connectivity index (χ0) is 19.9. The fourth-order valence-electron chi connectivity index (χ4n) is 3.46. The number of aliphatic hydroxyl groups is 1. The summed E-state index contributed by atoms with van der Waals surface area (Å²) in [6, 6.07) is 6.02. The van der Waals surface area contributed by atoms with E-state index in [2.05, 4.69) is 43.6 Å². The predicted molar refractivity (Wildman–Crippen MR) is 108 cm³/mol. The maximum absolute atomic E-state index is 10.2. The molecule has 0 saturated carbocycles.